The molecule has 0 spiro atoms. The summed E-state index contributed by atoms with van der Waals surface area (Å²) in [5, 5.41) is 9.29. The molecule has 1 aromatic carbocycles. The van der Waals surface area contributed by atoms with Gasteiger partial charge in [0.05, 0.1) is 18.1 Å². The van der Waals surface area contributed by atoms with E-state index in [4.69, 9.17) is 0 Å². The van der Waals surface area contributed by atoms with Crippen LogP contribution in [-0.4, -0.2) is 17.9 Å². The average Bonchev–Trinajstić information content (AvgIpc) is 2.73. The Hall–Kier alpha value is -2.67. The predicted octanol–water partition coefficient (Wildman–Crippen LogP) is 2.14. The molecule has 0 aliphatic carbocycles. The molecule has 4 heteroatoms. The van der Waals surface area contributed by atoms with Crippen LogP contribution in [0.25, 0.3) is 11.1 Å². The summed E-state index contributed by atoms with van der Waals surface area (Å²) < 4.78 is 0. The van der Waals surface area contributed by atoms with E-state index in [-0.39, 0.29) is 5.91 Å². The Kier molecular flexibility index (Phi) is 2.53. The molecule has 0 saturated carbocycles. The van der Waals surface area contributed by atoms with Crippen molar-refractivity contribution in [1.29, 1.82) is 5.26 Å². The highest BCUT2D eigenvalue weighted by molar-refractivity contribution is 6.02. The lowest BCUT2D eigenvalue weighted by molar-refractivity contribution is -0.117. The maximum Gasteiger partial charge on any atom is 0.231 e. The fraction of sp³-hybridized carbons (Fsp3) is 0.133. The predicted molar refractivity (Wildman–Crippen MR) is 71.5 cm³/mol. The first kappa shape index (κ1) is 11.4. The number of rotatable bonds is 1. The number of carbonyl (C=O) groups is 1. The molecule has 0 unspecified atom stereocenters. The third kappa shape index (κ3) is 1.76. The zero-order valence-corrected chi connectivity index (χ0v) is 10.4. The van der Waals surface area contributed by atoms with Gasteiger partial charge in [0, 0.05) is 36.3 Å². The highest BCUT2D eigenvalue weighted by Crippen LogP contribution is 2.34. The lowest BCUT2D eigenvalue weighted by atomic mass is 9.97. The Bertz CT molecular complexity index is 701. The van der Waals surface area contributed by atoms with Crippen molar-refractivity contribution in [3.63, 3.8) is 0 Å². The SMILES string of the molecule is CN1C(=O)Cc2cc(-c3cccnc3)c(C#N)cc21. The third-order valence-corrected chi connectivity index (χ3v) is 3.39. The molecule has 2 aromatic rings. The molecular formula is C15H11N3O. The molecule has 1 amide bonds. The number of fused-ring (bicyclic) bond motifs is 1. The minimum atomic E-state index is 0.0576. The van der Waals surface area contributed by atoms with Crippen molar-refractivity contribution in [1.82, 2.24) is 4.98 Å². The van der Waals surface area contributed by atoms with Gasteiger partial charge in [-0.3, -0.25) is 9.78 Å². The summed E-state index contributed by atoms with van der Waals surface area (Å²) >= 11 is 0. The molecule has 1 aliphatic rings. The number of aromatic nitrogens is 1. The molecule has 1 aromatic heterocycles. The van der Waals surface area contributed by atoms with Crippen molar-refractivity contribution in [2.24, 2.45) is 0 Å². The van der Waals surface area contributed by atoms with Gasteiger partial charge >= 0.3 is 0 Å². The summed E-state index contributed by atoms with van der Waals surface area (Å²) in [7, 11) is 1.74. The van der Waals surface area contributed by atoms with Gasteiger partial charge in [0.2, 0.25) is 5.91 Å². The first-order chi connectivity index (χ1) is 9.20. The summed E-state index contributed by atoms with van der Waals surface area (Å²) in [6.45, 7) is 0. The molecule has 0 N–H and O–H groups in total. The first-order valence-electron chi connectivity index (χ1n) is 5.94. The number of hydrogen-bond donors (Lipinski definition) is 0. The van der Waals surface area contributed by atoms with Crippen LogP contribution in [0.5, 0.6) is 0 Å². The van der Waals surface area contributed by atoms with Crippen LogP contribution in [0.15, 0.2) is 36.7 Å². The van der Waals surface area contributed by atoms with Crippen molar-refractivity contribution in [3.8, 4) is 17.2 Å². The number of anilines is 1. The summed E-state index contributed by atoms with van der Waals surface area (Å²) in [5.41, 5.74) is 4.08. The van der Waals surface area contributed by atoms with E-state index in [2.05, 4.69) is 11.1 Å². The maximum absolute atomic E-state index is 11.7. The van der Waals surface area contributed by atoms with Crippen LogP contribution in [0.4, 0.5) is 5.69 Å². The molecule has 0 bridgehead atoms. The van der Waals surface area contributed by atoms with E-state index in [0.29, 0.717) is 12.0 Å². The van der Waals surface area contributed by atoms with Gasteiger partial charge in [-0.05, 0) is 23.8 Å². The summed E-state index contributed by atoms with van der Waals surface area (Å²) in [4.78, 5) is 17.4. The number of amides is 1. The van der Waals surface area contributed by atoms with Gasteiger partial charge in [-0.15, -0.1) is 0 Å². The Morgan fingerprint density at radius 3 is 2.95 bits per heavy atom. The van der Waals surface area contributed by atoms with Gasteiger partial charge in [-0.25, -0.2) is 0 Å². The quantitative estimate of drug-likeness (QED) is 0.778. The zero-order chi connectivity index (χ0) is 13.4. The largest absolute Gasteiger partial charge is 0.315 e. The van der Waals surface area contributed by atoms with Gasteiger partial charge in [-0.1, -0.05) is 6.07 Å². The maximum atomic E-state index is 11.7. The second-order valence-electron chi connectivity index (χ2n) is 4.51. The van der Waals surface area contributed by atoms with Crippen LogP contribution >= 0.6 is 0 Å². The third-order valence-electron chi connectivity index (χ3n) is 3.39. The molecule has 19 heavy (non-hydrogen) atoms. The Balaban J connectivity index is 2.21. The van der Waals surface area contributed by atoms with Crippen molar-refractivity contribution in [3.05, 3.63) is 47.8 Å². The molecule has 0 atom stereocenters. The van der Waals surface area contributed by atoms with E-state index in [1.807, 2.05) is 18.2 Å². The number of nitrogens with zero attached hydrogens (tertiary/aromatic N) is 3. The van der Waals surface area contributed by atoms with Gasteiger partial charge in [0.15, 0.2) is 0 Å². The van der Waals surface area contributed by atoms with Gasteiger partial charge in [0.1, 0.15) is 0 Å². The van der Waals surface area contributed by atoms with E-state index >= 15 is 0 Å². The lowest BCUT2D eigenvalue weighted by Crippen LogP contribution is -2.20. The number of nitriles is 1. The van der Waals surface area contributed by atoms with Crippen molar-refractivity contribution in [2.45, 2.75) is 6.42 Å². The normalized spacial score (nSPS) is 13.3. The molecule has 0 radical (unpaired) electrons. The summed E-state index contributed by atoms with van der Waals surface area (Å²) in [6, 6.07) is 9.64. The van der Waals surface area contributed by atoms with E-state index < -0.39 is 0 Å². The average molecular weight is 249 g/mol. The smallest absolute Gasteiger partial charge is 0.231 e. The number of pyridine rings is 1. The van der Waals surface area contributed by atoms with Gasteiger partial charge in [0.25, 0.3) is 0 Å². The first-order valence-corrected chi connectivity index (χ1v) is 5.94. The summed E-state index contributed by atoms with van der Waals surface area (Å²) in [6.07, 6.45) is 3.81. The number of likely N-dealkylation sites (N-methyl/N-ethyl adjacent to an activating group) is 1. The fourth-order valence-corrected chi connectivity index (χ4v) is 2.36. The van der Waals surface area contributed by atoms with E-state index in [1.165, 1.54) is 0 Å². The van der Waals surface area contributed by atoms with E-state index in [9.17, 15) is 10.1 Å². The fourth-order valence-electron chi connectivity index (χ4n) is 2.36. The molecule has 92 valence electrons. The van der Waals surface area contributed by atoms with Crippen LogP contribution in [-0.2, 0) is 11.2 Å². The van der Waals surface area contributed by atoms with Crippen molar-refractivity contribution in [2.75, 3.05) is 11.9 Å². The van der Waals surface area contributed by atoms with E-state index in [1.54, 1.807) is 30.4 Å². The summed E-state index contributed by atoms with van der Waals surface area (Å²) in [5.74, 6) is 0.0576. The second-order valence-corrected chi connectivity index (χ2v) is 4.51. The molecule has 4 nitrogen and oxygen atoms in total. The van der Waals surface area contributed by atoms with Gasteiger partial charge < -0.3 is 4.90 Å². The Morgan fingerprint density at radius 1 is 1.42 bits per heavy atom. The minimum Gasteiger partial charge on any atom is -0.315 e. The van der Waals surface area contributed by atoms with Gasteiger partial charge in [-0.2, -0.15) is 5.26 Å². The highest BCUT2D eigenvalue weighted by atomic mass is 16.2. The standard InChI is InChI=1S/C15H11N3O/c1-18-14-6-12(8-16)13(5-11(14)7-15(18)19)10-3-2-4-17-9-10/h2-6,9H,7H2,1H3. The molecule has 0 saturated heterocycles. The van der Waals surface area contributed by atoms with Crippen LogP contribution in [0.1, 0.15) is 11.1 Å². The van der Waals surface area contributed by atoms with Crippen LogP contribution in [0.3, 0.4) is 0 Å². The Labute approximate surface area is 110 Å². The van der Waals surface area contributed by atoms with Crippen LogP contribution < -0.4 is 4.90 Å². The molecule has 0 fully saturated rings. The van der Waals surface area contributed by atoms with Crippen LogP contribution in [0.2, 0.25) is 0 Å². The number of benzene rings is 1. The molecule has 2 heterocycles. The second kappa shape index (κ2) is 4.21. The highest BCUT2D eigenvalue weighted by Gasteiger charge is 2.25. The molecule has 3 rings (SSSR count). The van der Waals surface area contributed by atoms with E-state index in [0.717, 1.165) is 22.4 Å². The van der Waals surface area contributed by atoms with Crippen molar-refractivity contribution < 1.29 is 4.79 Å². The van der Waals surface area contributed by atoms with Crippen LogP contribution in [0, 0.1) is 11.3 Å². The topological polar surface area (TPSA) is 57.0 Å². The molecular weight excluding hydrogens is 238 g/mol. The number of hydrogen-bond acceptors (Lipinski definition) is 3. The molecule has 1 aliphatic heterocycles. The lowest BCUT2D eigenvalue weighted by Gasteiger charge is -2.12. The zero-order valence-electron chi connectivity index (χ0n) is 10.4. The Morgan fingerprint density at radius 2 is 2.26 bits per heavy atom. The minimum absolute atomic E-state index is 0.0576. The monoisotopic (exact) mass is 249 g/mol. The van der Waals surface area contributed by atoms with Crippen molar-refractivity contribution >= 4 is 11.6 Å². The number of carbonyl (C=O) groups excluding carboxylic acids is 1.